The van der Waals surface area contributed by atoms with Crippen molar-refractivity contribution in [2.45, 2.75) is 6.42 Å². The maximum absolute atomic E-state index is 5.21. The van der Waals surface area contributed by atoms with Crippen molar-refractivity contribution in [1.29, 1.82) is 0 Å². The molecule has 2 aromatic heterocycles. The largest absolute Gasteiger partial charge is 0.441 e. The first-order valence-corrected chi connectivity index (χ1v) is 3.88. The fourth-order valence-corrected chi connectivity index (χ4v) is 1.51. The lowest BCUT2D eigenvalue weighted by atomic mass is 10.1. The van der Waals surface area contributed by atoms with Gasteiger partial charge in [-0.2, -0.15) is 4.98 Å². The second-order valence-corrected chi connectivity index (χ2v) is 2.81. The Morgan fingerprint density at radius 1 is 1.58 bits per heavy atom. The van der Waals surface area contributed by atoms with E-state index in [1.54, 1.807) is 0 Å². The molecule has 2 radical (unpaired) electrons. The van der Waals surface area contributed by atoms with Crippen LogP contribution in [-0.4, -0.2) is 16.5 Å². The van der Waals surface area contributed by atoms with Gasteiger partial charge in [-0.15, -0.1) is 0 Å². The molecule has 3 rings (SSSR count). The van der Waals surface area contributed by atoms with Gasteiger partial charge in [-0.3, -0.25) is 0 Å². The molecule has 2 aromatic rings. The van der Waals surface area contributed by atoms with E-state index in [9.17, 15) is 0 Å². The summed E-state index contributed by atoms with van der Waals surface area (Å²) in [5, 5.41) is 3.05. The second-order valence-electron chi connectivity index (χ2n) is 2.81. The van der Waals surface area contributed by atoms with Crippen molar-refractivity contribution < 1.29 is 4.42 Å². The molecule has 4 heteroatoms. The Morgan fingerprint density at radius 2 is 2.58 bits per heavy atom. The molecule has 1 aliphatic heterocycles. The summed E-state index contributed by atoms with van der Waals surface area (Å²) in [5.41, 5.74) is 3.78. The van der Waals surface area contributed by atoms with Crippen LogP contribution in [0.25, 0.3) is 11.2 Å². The van der Waals surface area contributed by atoms with Crippen LogP contribution in [-0.2, 0) is 6.42 Å². The summed E-state index contributed by atoms with van der Waals surface area (Å²) in [6, 6.07) is 0. The number of rotatable bonds is 0. The number of oxazole rings is 1. The summed E-state index contributed by atoms with van der Waals surface area (Å²) >= 11 is 0. The first kappa shape index (κ1) is 6.25. The van der Waals surface area contributed by atoms with Gasteiger partial charge in [0.05, 0.1) is 6.54 Å². The average Bonchev–Trinajstić information content (AvgIpc) is 2.62. The standard InChI is InChI=1S/C8H7N3O/c1-2-9-3-5-6(1)11-8-7(5)12-4-10-8/h4,9,11H,1-2H2. The van der Waals surface area contributed by atoms with Gasteiger partial charge in [-0.1, -0.05) is 0 Å². The Hall–Kier alpha value is -1.29. The van der Waals surface area contributed by atoms with E-state index in [4.69, 9.17) is 4.42 Å². The Labute approximate surface area is 69.0 Å². The number of fused-ring (bicyclic) bond motifs is 3. The van der Waals surface area contributed by atoms with E-state index in [0.29, 0.717) is 0 Å². The minimum atomic E-state index is 0.803. The predicted octanol–water partition coefficient (Wildman–Crippen LogP) is 0.688. The summed E-state index contributed by atoms with van der Waals surface area (Å²) < 4.78 is 5.21. The molecule has 0 spiro atoms. The lowest BCUT2D eigenvalue weighted by molar-refractivity contribution is 0.596. The topological polar surface area (TPSA) is 53.9 Å². The second kappa shape index (κ2) is 2.10. The van der Waals surface area contributed by atoms with Crippen LogP contribution in [0, 0.1) is 6.54 Å². The zero-order valence-corrected chi connectivity index (χ0v) is 6.35. The third kappa shape index (κ3) is 0.674. The molecule has 0 atom stereocenters. The van der Waals surface area contributed by atoms with E-state index in [2.05, 4.69) is 21.8 Å². The summed E-state index contributed by atoms with van der Waals surface area (Å²) in [7, 11) is 0. The van der Waals surface area contributed by atoms with Crippen molar-refractivity contribution in [3.63, 3.8) is 0 Å². The van der Waals surface area contributed by atoms with Crippen LogP contribution in [0.4, 0.5) is 0 Å². The van der Waals surface area contributed by atoms with Crippen molar-refractivity contribution in [3.05, 3.63) is 24.2 Å². The smallest absolute Gasteiger partial charge is 0.183 e. The first-order chi connectivity index (χ1) is 5.95. The number of hydrogen-bond acceptors (Lipinski definition) is 3. The highest BCUT2D eigenvalue weighted by molar-refractivity contribution is 5.76. The van der Waals surface area contributed by atoms with Crippen LogP contribution in [0.1, 0.15) is 11.3 Å². The molecule has 4 nitrogen and oxygen atoms in total. The minimum absolute atomic E-state index is 0.803. The van der Waals surface area contributed by atoms with Crippen molar-refractivity contribution in [2.24, 2.45) is 0 Å². The zero-order valence-electron chi connectivity index (χ0n) is 6.35. The minimum Gasteiger partial charge on any atom is -0.441 e. The Bertz CT molecular complexity index is 415. The molecule has 3 heterocycles. The van der Waals surface area contributed by atoms with Crippen LogP contribution < -0.4 is 5.32 Å². The lowest BCUT2D eigenvalue weighted by Crippen LogP contribution is -2.20. The molecular formula is C8H7N3O. The van der Waals surface area contributed by atoms with E-state index < -0.39 is 0 Å². The van der Waals surface area contributed by atoms with Gasteiger partial charge in [0.25, 0.3) is 0 Å². The van der Waals surface area contributed by atoms with Gasteiger partial charge >= 0.3 is 0 Å². The molecule has 0 aromatic carbocycles. The molecule has 0 saturated carbocycles. The van der Waals surface area contributed by atoms with Crippen LogP contribution in [0.5, 0.6) is 0 Å². The molecule has 2 N–H and O–H groups in total. The highest BCUT2D eigenvalue weighted by Crippen LogP contribution is 2.24. The number of hydrogen-bond donors (Lipinski definition) is 2. The number of H-pyrrole nitrogens is 1. The number of nitrogens with zero attached hydrogens (tertiary/aromatic N) is 1. The van der Waals surface area contributed by atoms with Crippen molar-refractivity contribution in [3.8, 4) is 0 Å². The van der Waals surface area contributed by atoms with Gasteiger partial charge in [0.2, 0.25) is 0 Å². The highest BCUT2D eigenvalue weighted by Gasteiger charge is 2.18. The van der Waals surface area contributed by atoms with Crippen LogP contribution >= 0.6 is 0 Å². The molecular weight excluding hydrogens is 154 g/mol. The van der Waals surface area contributed by atoms with Gasteiger partial charge < -0.3 is 14.7 Å². The van der Waals surface area contributed by atoms with Crippen molar-refractivity contribution >= 4 is 11.2 Å². The lowest BCUT2D eigenvalue weighted by Gasteiger charge is -2.09. The van der Waals surface area contributed by atoms with Crippen molar-refractivity contribution in [2.75, 3.05) is 6.54 Å². The summed E-state index contributed by atoms with van der Waals surface area (Å²) in [6.07, 6.45) is 2.42. The van der Waals surface area contributed by atoms with Crippen LogP contribution in [0.15, 0.2) is 10.8 Å². The Balaban J connectivity index is 2.34. The molecule has 0 saturated heterocycles. The SMILES string of the molecule is [C]1NCCc2[nH]c3ncoc3c21. The van der Waals surface area contributed by atoms with Crippen LogP contribution in [0.2, 0.25) is 0 Å². The van der Waals surface area contributed by atoms with E-state index in [0.717, 1.165) is 35.5 Å². The number of nitrogens with one attached hydrogen (secondary N) is 2. The molecule has 0 bridgehead atoms. The quantitative estimate of drug-likeness (QED) is 0.597. The highest BCUT2D eigenvalue weighted by atomic mass is 16.3. The van der Waals surface area contributed by atoms with Crippen LogP contribution in [0.3, 0.4) is 0 Å². The van der Waals surface area contributed by atoms with Gasteiger partial charge in [0.1, 0.15) is 0 Å². The zero-order chi connectivity index (χ0) is 7.97. The molecule has 1 aliphatic rings. The third-order valence-electron chi connectivity index (χ3n) is 2.08. The average molecular weight is 161 g/mol. The first-order valence-electron chi connectivity index (χ1n) is 3.88. The molecule has 0 amide bonds. The van der Waals surface area contributed by atoms with Gasteiger partial charge in [0.15, 0.2) is 17.6 Å². The van der Waals surface area contributed by atoms with Gasteiger partial charge in [-0.25, -0.2) is 0 Å². The maximum Gasteiger partial charge on any atom is 0.183 e. The summed E-state index contributed by atoms with van der Waals surface area (Å²) in [5.74, 6) is 0. The molecule has 60 valence electrons. The maximum atomic E-state index is 5.21. The van der Waals surface area contributed by atoms with Crippen molar-refractivity contribution in [1.82, 2.24) is 15.3 Å². The number of aromatic nitrogens is 2. The summed E-state index contributed by atoms with van der Waals surface area (Å²) in [6.45, 7) is 3.98. The summed E-state index contributed by atoms with van der Waals surface area (Å²) in [4.78, 5) is 7.22. The van der Waals surface area contributed by atoms with E-state index in [1.807, 2.05) is 0 Å². The van der Waals surface area contributed by atoms with E-state index in [-0.39, 0.29) is 0 Å². The number of aromatic amines is 1. The third-order valence-corrected chi connectivity index (χ3v) is 2.08. The molecule has 12 heavy (non-hydrogen) atoms. The normalized spacial score (nSPS) is 16.7. The fourth-order valence-electron chi connectivity index (χ4n) is 1.51. The van der Waals surface area contributed by atoms with Gasteiger partial charge in [0, 0.05) is 24.2 Å². The Kier molecular flexibility index (Phi) is 1.10. The van der Waals surface area contributed by atoms with Gasteiger partial charge in [-0.05, 0) is 0 Å². The van der Waals surface area contributed by atoms with E-state index >= 15 is 0 Å². The van der Waals surface area contributed by atoms with E-state index in [1.165, 1.54) is 6.39 Å². The molecule has 0 unspecified atom stereocenters. The predicted molar refractivity (Wildman–Crippen MR) is 42.4 cm³/mol. The molecule has 0 aliphatic carbocycles. The monoisotopic (exact) mass is 161 g/mol. The Morgan fingerprint density at radius 3 is 3.58 bits per heavy atom. The fraction of sp³-hybridized carbons (Fsp3) is 0.250. The molecule has 0 fully saturated rings.